The molecule has 0 saturated carbocycles. The lowest BCUT2D eigenvalue weighted by molar-refractivity contribution is -0.137. The van der Waals surface area contributed by atoms with Crippen LogP contribution in [-0.4, -0.2) is 20.7 Å². The number of halogens is 3. The zero-order valence-corrected chi connectivity index (χ0v) is 15.0. The van der Waals surface area contributed by atoms with E-state index in [9.17, 15) is 18.0 Å². The van der Waals surface area contributed by atoms with Crippen molar-refractivity contribution >= 4 is 5.91 Å². The number of amides is 1. The molecule has 0 radical (unpaired) electrons. The second-order valence-corrected chi connectivity index (χ2v) is 6.92. The van der Waals surface area contributed by atoms with Crippen molar-refractivity contribution in [3.05, 3.63) is 47.3 Å². The van der Waals surface area contributed by atoms with Crippen LogP contribution in [0.2, 0.25) is 0 Å². The van der Waals surface area contributed by atoms with Crippen LogP contribution in [0.4, 0.5) is 13.2 Å². The van der Waals surface area contributed by atoms with Gasteiger partial charge < -0.3 is 4.57 Å². The average molecular weight is 379 g/mol. The predicted molar refractivity (Wildman–Crippen MR) is 93.1 cm³/mol. The van der Waals surface area contributed by atoms with Gasteiger partial charge in [0.2, 0.25) is 0 Å². The minimum atomic E-state index is -4.48. The van der Waals surface area contributed by atoms with Gasteiger partial charge in [0.25, 0.3) is 5.91 Å². The molecule has 144 valence electrons. The lowest BCUT2D eigenvalue weighted by atomic mass is 9.75. The summed E-state index contributed by atoms with van der Waals surface area (Å²) in [5.74, 6) is 5.58. The van der Waals surface area contributed by atoms with E-state index in [1.165, 1.54) is 12.1 Å². The highest BCUT2D eigenvalue weighted by atomic mass is 19.4. The minimum absolute atomic E-state index is 0.00981. The van der Waals surface area contributed by atoms with Crippen LogP contribution in [0.3, 0.4) is 0 Å². The molecule has 9 heteroatoms. The van der Waals surface area contributed by atoms with Gasteiger partial charge in [-0.1, -0.05) is 31.2 Å². The molecule has 0 bridgehead atoms. The Kier molecular flexibility index (Phi) is 4.81. The number of carbonyl (C=O) groups excluding carboxylic acids is 1. The summed E-state index contributed by atoms with van der Waals surface area (Å²) in [6.45, 7) is 1.96. The first-order valence-corrected chi connectivity index (χ1v) is 8.44. The number of nitrogens with zero attached hydrogens (tertiary/aromatic N) is 3. The van der Waals surface area contributed by atoms with Gasteiger partial charge in [0.15, 0.2) is 5.82 Å². The van der Waals surface area contributed by atoms with Crippen molar-refractivity contribution in [3.63, 3.8) is 0 Å². The van der Waals surface area contributed by atoms with Crippen molar-refractivity contribution in [2.45, 2.75) is 37.8 Å². The van der Waals surface area contributed by atoms with Gasteiger partial charge in [0, 0.05) is 23.6 Å². The second-order valence-electron chi connectivity index (χ2n) is 6.92. The van der Waals surface area contributed by atoms with E-state index in [1.807, 2.05) is 6.92 Å². The molecule has 1 aromatic carbocycles. The Morgan fingerprint density at radius 1 is 1.30 bits per heavy atom. The number of allylic oxidation sites excluding steroid dienone is 1. The van der Waals surface area contributed by atoms with Gasteiger partial charge in [-0.2, -0.15) is 13.2 Å². The molecule has 3 N–H and O–H groups in total. The first kappa shape index (κ1) is 19.1. The maximum Gasteiger partial charge on any atom is 0.417 e. The van der Waals surface area contributed by atoms with Crippen LogP contribution in [0.15, 0.2) is 35.9 Å². The number of hydrazine groups is 1. The predicted octanol–water partition coefficient (Wildman–Crippen LogP) is 2.86. The van der Waals surface area contributed by atoms with Crippen LogP contribution >= 0.6 is 0 Å². The summed E-state index contributed by atoms with van der Waals surface area (Å²) in [4.78, 5) is 11.7. The lowest BCUT2D eigenvalue weighted by Crippen LogP contribution is -2.35. The van der Waals surface area contributed by atoms with Crippen LogP contribution in [0.1, 0.15) is 37.6 Å². The summed E-state index contributed by atoms with van der Waals surface area (Å²) in [6.07, 6.45) is -1.06. The monoisotopic (exact) mass is 379 g/mol. The molecule has 6 nitrogen and oxygen atoms in total. The third-order valence-corrected chi connectivity index (χ3v) is 5.06. The van der Waals surface area contributed by atoms with Gasteiger partial charge in [0.05, 0.1) is 5.56 Å². The second kappa shape index (κ2) is 6.80. The average Bonchev–Trinajstić information content (AvgIpc) is 3.03. The topological polar surface area (TPSA) is 85.8 Å². The molecule has 0 spiro atoms. The molecule has 1 atom stereocenters. The zero-order chi connectivity index (χ0) is 19.8. The van der Waals surface area contributed by atoms with E-state index in [0.717, 1.165) is 6.07 Å². The Bertz CT molecular complexity index is 903. The minimum Gasteiger partial charge on any atom is -0.314 e. The molecule has 1 aromatic heterocycles. The molecular weight excluding hydrogens is 359 g/mol. The summed E-state index contributed by atoms with van der Waals surface area (Å²) in [7, 11) is 1.66. The zero-order valence-electron chi connectivity index (χ0n) is 15.0. The number of benzene rings is 1. The highest BCUT2D eigenvalue weighted by molar-refractivity contribution is 5.93. The number of nitrogens with one attached hydrogen (secondary N) is 1. The van der Waals surface area contributed by atoms with E-state index >= 15 is 0 Å². The van der Waals surface area contributed by atoms with Gasteiger partial charge in [-0.15, -0.1) is 10.2 Å². The molecule has 1 amide bonds. The lowest BCUT2D eigenvalue weighted by Gasteiger charge is -2.31. The van der Waals surface area contributed by atoms with Crippen LogP contribution in [0, 0.1) is 0 Å². The largest absolute Gasteiger partial charge is 0.417 e. The van der Waals surface area contributed by atoms with Crippen molar-refractivity contribution in [2.24, 2.45) is 12.9 Å². The maximum atomic E-state index is 13.3. The third kappa shape index (κ3) is 3.46. The van der Waals surface area contributed by atoms with Gasteiger partial charge in [-0.05, 0) is 25.3 Å². The standard InChI is InChI=1S/C18H20F3N5O/c1-17(9-7-11(8-10-17)15(27)23-22)16-25-24-14(26(16)2)12-5-3-4-6-13(12)18(19,20)21/h3-7H,8-10,22H2,1-2H3,(H,23,27). The Hall–Kier alpha value is -2.68. The van der Waals surface area contributed by atoms with E-state index in [0.29, 0.717) is 30.7 Å². The Labute approximate surface area is 154 Å². The normalized spacial score (nSPS) is 20.3. The Morgan fingerprint density at radius 3 is 2.59 bits per heavy atom. The molecule has 0 fully saturated rings. The number of nitrogens with two attached hydrogens (primary N) is 1. The third-order valence-electron chi connectivity index (χ3n) is 5.06. The van der Waals surface area contributed by atoms with E-state index in [1.54, 1.807) is 23.8 Å². The molecule has 0 saturated heterocycles. The van der Waals surface area contributed by atoms with Crippen LogP contribution in [0.25, 0.3) is 11.4 Å². The highest BCUT2D eigenvalue weighted by Crippen LogP contribution is 2.40. The van der Waals surface area contributed by atoms with Crippen LogP contribution < -0.4 is 11.3 Å². The summed E-state index contributed by atoms with van der Waals surface area (Å²) in [5.41, 5.74) is 1.51. The molecule has 1 heterocycles. The molecule has 0 aliphatic heterocycles. The molecule has 3 rings (SSSR count). The fourth-order valence-corrected chi connectivity index (χ4v) is 3.48. The van der Waals surface area contributed by atoms with Gasteiger partial charge in [-0.25, -0.2) is 5.84 Å². The fraction of sp³-hybridized carbons (Fsp3) is 0.389. The molecule has 1 aliphatic carbocycles. The highest BCUT2D eigenvalue weighted by Gasteiger charge is 2.37. The number of hydrogen-bond acceptors (Lipinski definition) is 4. The number of aromatic nitrogens is 3. The van der Waals surface area contributed by atoms with Crippen molar-refractivity contribution in [3.8, 4) is 11.4 Å². The number of rotatable bonds is 3. The van der Waals surface area contributed by atoms with Crippen LogP contribution in [-0.2, 0) is 23.4 Å². The van der Waals surface area contributed by atoms with Gasteiger partial charge in [0.1, 0.15) is 5.82 Å². The molecule has 27 heavy (non-hydrogen) atoms. The van der Waals surface area contributed by atoms with Crippen molar-refractivity contribution in [1.82, 2.24) is 20.2 Å². The van der Waals surface area contributed by atoms with Crippen molar-refractivity contribution in [1.29, 1.82) is 0 Å². The van der Waals surface area contributed by atoms with Gasteiger partial charge in [-0.3, -0.25) is 10.2 Å². The first-order chi connectivity index (χ1) is 12.7. The van der Waals surface area contributed by atoms with Crippen molar-refractivity contribution < 1.29 is 18.0 Å². The SMILES string of the molecule is Cn1c(-c2ccccc2C(F)(F)F)nnc1C1(C)CC=C(C(=O)NN)CC1. The number of alkyl halides is 3. The number of carbonyl (C=O) groups is 1. The fourth-order valence-electron chi connectivity index (χ4n) is 3.48. The number of hydrogen-bond donors (Lipinski definition) is 2. The van der Waals surface area contributed by atoms with E-state index in [4.69, 9.17) is 5.84 Å². The quantitative estimate of drug-likeness (QED) is 0.488. The van der Waals surface area contributed by atoms with Gasteiger partial charge >= 0.3 is 6.18 Å². The molecule has 2 aromatic rings. The smallest absolute Gasteiger partial charge is 0.314 e. The van der Waals surface area contributed by atoms with Crippen molar-refractivity contribution in [2.75, 3.05) is 0 Å². The summed E-state index contributed by atoms with van der Waals surface area (Å²) >= 11 is 0. The molecular formula is C18H20F3N5O. The Balaban J connectivity index is 1.98. The Morgan fingerprint density at radius 2 is 2.00 bits per heavy atom. The maximum absolute atomic E-state index is 13.3. The summed E-state index contributed by atoms with van der Waals surface area (Å²) in [5, 5.41) is 8.24. The van der Waals surface area contributed by atoms with Crippen LogP contribution in [0.5, 0.6) is 0 Å². The molecule has 1 aliphatic rings. The molecule has 1 unspecified atom stereocenters. The first-order valence-electron chi connectivity index (χ1n) is 8.44. The summed E-state index contributed by atoms with van der Waals surface area (Å²) < 4.78 is 41.6. The van der Waals surface area contributed by atoms with E-state index in [-0.39, 0.29) is 17.3 Å². The van der Waals surface area contributed by atoms with E-state index in [2.05, 4.69) is 15.6 Å². The van der Waals surface area contributed by atoms with E-state index < -0.39 is 17.2 Å². The summed E-state index contributed by atoms with van der Waals surface area (Å²) in [6, 6.07) is 5.32.